The molecule has 3 atom stereocenters. The Morgan fingerprint density at radius 1 is 1.16 bits per heavy atom. The van der Waals surface area contributed by atoms with Gasteiger partial charge >= 0.3 is 74.9 Å². The molecule has 1 rings (SSSR count). The topological polar surface area (TPSA) is 87.7 Å². The summed E-state index contributed by atoms with van der Waals surface area (Å²) >= 11 is 0. The Morgan fingerprint density at radius 3 is 2.00 bits per heavy atom. The number of rotatable bonds is 9. The smallest absolute Gasteiger partial charge is 0.469 e. The van der Waals surface area contributed by atoms with Crippen molar-refractivity contribution < 1.29 is 88.0 Å². The van der Waals surface area contributed by atoms with Gasteiger partial charge in [-0.2, -0.15) is 0 Å². The summed E-state index contributed by atoms with van der Waals surface area (Å²) in [5, 5.41) is 6.06. The van der Waals surface area contributed by atoms with Crippen molar-refractivity contribution in [2.75, 3.05) is 27.7 Å². The monoisotopic (exact) mass is 575 g/mol. The minimum absolute atomic E-state index is 0. The molecule has 1 aliphatic heterocycles. The van der Waals surface area contributed by atoms with Crippen LogP contribution in [-0.2, 0) is 19.1 Å². The molecular weight excluding hydrogens is 527 g/mol. The molecule has 184 valence electrons. The van der Waals surface area contributed by atoms with Gasteiger partial charge in [-0.3, -0.25) is 9.59 Å². The van der Waals surface area contributed by atoms with Crippen LogP contribution in [0.4, 0.5) is 0 Å². The molecule has 1 amide bonds. The summed E-state index contributed by atoms with van der Waals surface area (Å²) in [6, 6.07) is -0.506. The van der Waals surface area contributed by atoms with Gasteiger partial charge in [0.05, 0.1) is 25.6 Å². The number of methoxy groups -OCH3 is 1. The number of carbonyl (C=O) groups excluding carboxylic acids is 3. The summed E-state index contributed by atoms with van der Waals surface area (Å²) < 4.78 is 4.53. The van der Waals surface area contributed by atoms with Crippen LogP contribution in [0.15, 0.2) is 12.2 Å². The third-order valence-corrected chi connectivity index (χ3v) is 5.10. The zero-order valence-electron chi connectivity index (χ0n) is 22.6. The number of hydrogen-bond donors (Lipinski definition) is 2. The maximum Gasteiger partial charge on any atom is 1.00 e. The first-order valence-electron chi connectivity index (χ1n) is 11.0. The molecule has 0 spiro atoms. The van der Waals surface area contributed by atoms with Crippen molar-refractivity contribution >= 4 is 18.2 Å². The van der Waals surface area contributed by atoms with Crippen LogP contribution in [-0.4, -0.2) is 68.9 Å². The van der Waals surface area contributed by atoms with E-state index < -0.39 is 12.0 Å². The number of nitrogens with zero attached hydrogens (tertiary/aromatic N) is 1. The molecule has 3 unspecified atom stereocenters. The molecular formula is C24H48CsN3O4. The molecule has 0 saturated carbocycles. The number of ether oxygens (including phenoxy) is 1. The Labute approximate surface area is 256 Å². The largest absolute Gasteiger partial charge is 1.00 e. The second-order valence-electron chi connectivity index (χ2n) is 7.74. The molecule has 0 aromatic heterocycles. The molecule has 7 nitrogen and oxygen atoms in total. The number of nitrogens with one attached hydrogen (secondary N) is 2. The van der Waals surface area contributed by atoms with Gasteiger partial charge in [0.25, 0.3) is 0 Å². The van der Waals surface area contributed by atoms with Crippen LogP contribution >= 0.6 is 0 Å². The predicted octanol–water partition coefficient (Wildman–Crippen LogP) is 0.250. The van der Waals surface area contributed by atoms with Crippen LogP contribution in [0.25, 0.3) is 0 Å². The molecule has 2 N–H and O–H groups in total. The van der Waals surface area contributed by atoms with Gasteiger partial charge in [-0.05, 0) is 38.8 Å². The molecule has 1 aliphatic rings. The minimum atomic E-state index is -0.622. The summed E-state index contributed by atoms with van der Waals surface area (Å²) in [5.74, 6) is 0.553. The zero-order valence-corrected chi connectivity index (χ0v) is 28.9. The summed E-state index contributed by atoms with van der Waals surface area (Å²) in [6.45, 7) is 17.5. The summed E-state index contributed by atoms with van der Waals surface area (Å²) in [6.07, 6.45) is 2.29. The number of aldehydes is 1. The summed E-state index contributed by atoms with van der Waals surface area (Å²) in [4.78, 5) is 35.6. The average Bonchev–Trinajstić information content (AvgIpc) is 3.22. The first-order chi connectivity index (χ1) is 14.1. The van der Waals surface area contributed by atoms with Gasteiger partial charge in [0, 0.05) is 12.6 Å². The van der Waals surface area contributed by atoms with E-state index in [1.54, 1.807) is 7.05 Å². The standard InChI is InChI=1S/C11H18N2O4.C10H21N.C2H6.CH3.Cs/c1-12-9(6-10(15)17-2)11(16)13-5-3-4-8(13)7-14;1-7(2)9(5)10(11-6)8(3)4;1-2;;/h7-9,12H,3-6H2,1-2H3;7-8,10-11H,5H2,1-4,6H3;1-2H3;1H3;/q;;;-1;+1. The average molecular weight is 576 g/mol. The fourth-order valence-corrected chi connectivity index (χ4v) is 3.28. The first-order valence-corrected chi connectivity index (χ1v) is 11.0. The second kappa shape index (κ2) is 23.1. The van der Waals surface area contributed by atoms with Crippen LogP contribution < -0.4 is 79.5 Å². The Kier molecular flexibility index (Phi) is 28.5. The molecule has 1 heterocycles. The summed E-state index contributed by atoms with van der Waals surface area (Å²) in [5.41, 5.74) is 1.31. The third-order valence-electron chi connectivity index (χ3n) is 5.10. The van der Waals surface area contributed by atoms with Gasteiger partial charge in [-0.25, -0.2) is 0 Å². The fraction of sp³-hybridized carbons (Fsp3) is 0.750. The van der Waals surface area contributed by atoms with E-state index in [1.807, 2.05) is 20.9 Å². The first kappa shape index (κ1) is 39.5. The van der Waals surface area contributed by atoms with Gasteiger partial charge < -0.3 is 32.5 Å². The number of hydrogen-bond acceptors (Lipinski definition) is 6. The zero-order chi connectivity index (χ0) is 23.9. The van der Waals surface area contributed by atoms with Crippen molar-refractivity contribution in [3.63, 3.8) is 0 Å². The third kappa shape index (κ3) is 14.6. The van der Waals surface area contributed by atoms with Crippen molar-refractivity contribution in [1.29, 1.82) is 0 Å². The van der Waals surface area contributed by atoms with E-state index in [0.29, 0.717) is 30.8 Å². The van der Waals surface area contributed by atoms with E-state index in [-0.39, 0.29) is 94.7 Å². The number of likely N-dealkylation sites (N-methyl/N-ethyl adjacent to an activating group) is 2. The van der Waals surface area contributed by atoms with Gasteiger partial charge in [0.15, 0.2) is 0 Å². The normalized spacial score (nSPS) is 16.2. The Morgan fingerprint density at radius 2 is 1.69 bits per heavy atom. The van der Waals surface area contributed by atoms with Crippen LogP contribution in [0.5, 0.6) is 0 Å². The SMILES string of the molecule is C=C(C(C)C)C(NC)C(C)C.CC.CNC(CC(=O)OC)C(=O)N1CCCC1C=O.[CH3-].[Cs+]. The van der Waals surface area contributed by atoms with Crippen LogP contribution in [0.1, 0.15) is 60.8 Å². The molecule has 0 aromatic carbocycles. The van der Waals surface area contributed by atoms with Crippen LogP contribution in [0.3, 0.4) is 0 Å². The molecule has 0 bridgehead atoms. The quantitative estimate of drug-likeness (QED) is 0.178. The van der Waals surface area contributed by atoms with Crippen LogP contribution in [0.2, 0.25) is 0 Å². The Bertz CT molecular complexity index is 527. The van der Waals surface area contributed by atoms with Gasteiger partial charge in [0.2, 0.25) is 5.91 Å². The van der Waals surface area contributed by atoms with Gasteiger partial charge in [0.1, 0.15) is 6.29 Å². The fourth-order valence-electron chi connectivity index (χ4n) is 3.28. The number of carbonyl (C=O) groups is 3. The minimum Gasteiger partial charge on any atom is -0.469 e. The van der Waals surface area contributed by atoms with E-state index in [1.165, 1.54) is 17.6 Å². The molecule has 8 heteroatoms. The maximum absolute atomic E-state index is 12.1. The number of likely N-dealkylation sites (tertiary alicyclic amines) is 1. The van der Waals surface area contributed by atoms with E-state index in [9.17, 15) is 14.4 Å². The van der Waals surface area contributed by atoms with Gasteiger partial charge in [-0.1, -0.05) is 53.7 Å². The van der Waals surface area contributed by atoms with Crippen molar-refractivity contribution in [2.24, 2.45) is 11.8 Å². The van der Waals surface area contributed by atoms with E-state index in [4.69, 9.17) is 0 Å². The molecule has 32 heavy (non-hydrogen) atoms. The number of esters is 1. The molecule has 0 aliphatic carbocycles. The summed E-state index contributed by atoms with van der Waals surface area (Å²) in [7, 11) is 4.89. The van der Waals surface area contributed by atoms with Crippen molar-refractivity contribution in [2.45, 2.75) is 78.9 Å². The molecule has 0 aromatic rings. The van der Waals surface area contributed by atoms with Crippen molar-refractivity contribution in [3.8, 4) is 0 Å². The van der Waals surface area contributed by atoms with E-state index in [0.717, 1.165) is 12.7 Å². The van der Waals surface area contributed by atoms with Crippen molar-refractivity contribution in [3.05, 3.63) is 19.6 Å². The molecule has 1 saturated heterocycles. The van der Waals surface area contributed by atoms with Crippen LogP contribution in [0, 0.1) is 19.3 Å². The second-order valence-corrected chi connectivity index (χ2v) is 7.74. The molecule has 0 radical (unpaired) electrons. The Balaban J connectivity index is -0.000000230. The predicted molar refractivity (Wildman–Crippen MR) is 130 cm³/mol. The maximum atomic E-state index is 12.1. The molecule has 1 fully saturated rings. The van der Waals surface area contributed by atoms with E-state index >= 15 is 0 Å². The van der Waals surface area contributed by atoms with Crippen molar-refractivity contribution in [1.82, 2.24) is 15.5 Å². The van der Waals surface area contributed by atoms with E-state index in [2.05, 4.69) is 49.6 Å². The van der Waals surface area contributed by atoms with Gasteiger partial charge in [-0.15, -0.1) is 0 Å². The Hall–Kier alpha value is 0.322. The number of amides is 1.